The molecule has 0 radical (unpaired) electrons. The second-order valence-corrected chi connectivity index (χ2v) is 7.43. The summed E-state index contributed by atoms with van der Waals surface area (Å²) >= 11 is 0. The maximum absolute atomic E-state index is 12.9. The highest BCUT2D eigenvalue weighted by Crippen LogP contribution is 2.16. The van der Waals surface area contributed by atoms with Gasteiger partial charge in [-0.25, -0.2) is 4.39 Å². The van der Waals surface area contributed by atoms with Crippen LogP contribution in [0.1, 0.15) is 18.4 Å². The first-order chi connectivity index (χ1) is 14.5. The summed E-state index contributed by atoms with van der Waals surface area (Å²) in [6.45, 7) is 5.30. The Bertz CT molecular complexity index is 849. The third-order valence-electron chi connectivity index (χ3n) is 5.11. The lowest BCUT2D eigenvalue weighted by molar-refractivity contribution is -0.133. The topological polar surface area (TPSA) is 61.9 Å². The summed E-state index contributed by atoms with van der Waals surface area (Å²) < 4.78 is 18.7. The van der Waals surface area contributed by atoms with Crippen LogP contribution in [0.4, 0.5) is 10.1 Å². The van der Waals surface area contributed by atoms with Gasteiger partial charge in [-0.15, -0.1) is 0 Å². The number of halogens is 1. The Kier molecular flexibility index (Phi) is 7.79. The number of amides is 2. The van der Waals surface area contributed by atoms with Crippen molar-refractivity contribution in [1.29, 1.82) is 0 Å². The minimum Gasteiger partial charge on any atom is -0.493 e. The monoisotopic (exact) mass is 413 g/mol. The molecule has 0 saturated carbocycles. The second-order valence-electron chi connectivity index (χ2n) is 7.43. The van der Waals surface area contributed by atoms with E-state index in [2.05, 4.69) is 5.32 Å². The van der Waals surface area contributed by atoms with Crippen molar-refractivity contribution in [1.82, 2.24) is 9.80 Å². The molecule has 2 amide bonds. The molecule has 0 spiro atoms. The van der Waals surface area contributed by atoms with Crippen LogP contribution in [-0.4, -0.2) is 60.9 Å². The molecule has 0 aliphatic carbocycles. The predicted octanol–water partition coefficient (Wildman–Crippen LogP) is 3.08. The summed E-state index contributed by atoms with van der Waals surface area (Å²) in [5.41, 5.74) is 1.66. The number of rotatable bonds is 8. The number of carbonyl (C=O) groups is 2. The number of para-hydroxylation sites is 1. The van der Waals surface area contributed by atoms with Gasteiger partial charge in [-0.3, -0.25) is 14.5 Å². The Morgan fingerprint density at radius 2 is 1.73 bits per heavy atom. The van der Waals surface area contributed by atoms with E-state index in [-0.39, 0.29) is 24.2 Å². The van der Waals surface area contributed by atoms with Gasteiger partial charge in [0.1, 0.15) is 11.6 Å². The molecule has 1 aliphatic heterocycles. The van der Waals surface area contributed by atoms with E-state index in [1.165, 1.54) is 24.3 Å². The Morgan fingerprint density at radius 3 is 2.43 bits per heavy atom. The van der Waals surface area contributed by atoms with Crippen molar-refractivity contribution in [2.75, 3.05) is 44.6 Å². The van der Waals surface area contributed by atoms with E-state index in [9.17, 15) is 14.0 Å². The molecule has 0 aromatic heterocycles. The number of hydrogen-bond acceptors (Lipinski definition) is 4. The van der Waals surface area contributed by atoms with Gasteiger partial charge in [0.15, 0.2) is 0 Å². The molecule has 3 rings (SSSR count). The van der Waals surface area contributed by atoms with Gasteiger partial charge < -0.3 is 15.0 Å². The van der Waals surface area contributed by atoms with Crippen LogP contribution in [-0.2, 0) is 9.59 Å². The van der Waals surface area contributed by atoms with E-state index in [1.54, 1.807) is 0 Å². The van der Waals surface area contributed by atoms with Crippen LogP contribution in [0.15, 0.2) is 48.5 Å². The molecule has 1 heterocycles. The lowest BCUT2D eigenvalue weighted by Gasteiger charge is -2.34. The molecule has 0 atom stereocenters. The third-order valence-corrected chi connectivity index (χ3v) is 5.11. The third kappa shape index (κ3) is 6.56. The fourth-order valence-corrected chi connectivity index (χ4v) is 3.37. The zero-order chi connectivity index (χ0) is 21.3. The summed E-state index contributed by atoms with van der Waals surface area (Å²) in [4.78, 5) is 28.4. The lowest BCUT2D eigenvalue weighted by atomic mass is 10.2. The highest BCUT2D eigenvalue weighted by molar-refractivity contribution is 5.92. The Balaban J connectivity index is 1.32. The van der Waals surface area contributed by atoms with Crippen LogP contribution >= 0.6 is 0 Å². The highest BCUT2D eigenvalue weighted by atomic mass is 19.1. The molecular weight excluding hydrogens is 385 g/mol. The van der Waals surface area contributed by atoms with Crippen LogP contribution in [0.5, 0.6) is 5.75 Å². The van der Waals surface area contributed by atoms with Gasteiger partial charge in [-0.1, -0.05) is 18.2 Å². The van der Waals surface area contributed by atoms with Crippen LogP contribution in [0, 0.1) is 12.7 Å². The first-order valence-electron chi connectivity index (χ1n) is 10.3. The molecule has 6 nitrogen and oxygen atoms in total. The second kappa shape index (κ2) is 10.7. The van der Waals surface area contributed by atoms with Crippen molar-refractivity contribution in [2.24, 2.45) is 0 Å². The maximum atomic E-state index is 12.9. The summed E-state index contributed by atoms with van der Waals surface area (Å²) in [7, 11) is 0. The zero-order valence-electron chi connectivity index (χ0n) is 17.3. The van der Waals surface area contributed by atoms with Crippen molar-refractivity contribution in [3.63, 3.8) is 0 Å². The molecule has 2 aromatic carbocycles. The number of nitrogens with zero attached hydrogens (tertiary/aromatic N) is 2. The van der Waals surface area contributed by atoms with E-state index in [0.29, 0.717) is 51.3 Å². The molecule has 2 aromatic rings. The van der Waals surface area contributed by atoms with Crippen molar-refractivity contribution in [3.8, 4) is 5.75 Å². The number of anilines is 1. The Labute approximate surface area is 176 Å². The van der Waals surface area contributed by atoms with Crippen molar-refractivity contribution < 1.29 is 18.7 Å². The quantitative estimate of drug-likeness (QED) is 0.676. The number of benzene rings is 2. The minimum atomic E-state index is -0.337. The first-order valence-corrected chi connectivity index (χ1v) is 10.3. The number of piperazine rings is 1. The van der Waals surface area contributed by atoms with E-state index in [4.69, 9.17) is 4.74 Å². The highest BCUT2D eigenvalue weighted by Gasteiger charge is 2.22. The maximum Gasteiger partial charge on any atom is 0.238 e. The molecule has 1 saturated heterocycles. The number of ether oxygens (including phenoxy) is 1. The van der Waals surface area contributed by atoms with Gasteiger partial charge in [0.25, 0.3) is 0 Å². The van der Waals surface area contributed by atoms with E-state index >= 15 is 0 Å². The summed E-state index contributed by atoms with van der Waals surface area (Å²) in [6.07, 6.45) is 1.13. The largest absolute Gasteiger partial charge is 0.493 e. The SMILES string of the molecule is Cc1ccccc1OCCCC(=O)N1CCN(CC(=O)Nc2ccc(F)cc2)CC1. The molecule has 1 fully saturated rings. The van der Waals surface area contributed by atoms with Crippen molar-refractivity contribution in [2.45, 2.75) is 19.8 Å². The van der Waals surface area contributed by atoms with Crippen LogP contribution in [0.25, 0.3) is 0 Å². The van der Waals surface area contributed by atoms with E-state index < -0.39 is 0 Å². The molecule has 1 aliphatic rings. The summed E-state index contributed by atoms with van der Waals surface area (Å²) in [6, 6.07) is 13.5. The molecule has 1 N–H and O–H groups in total. The molecule has 160 valence electrons. The fraction of sp³-hybridized carbons (Fsp3) is 0.391. The lowest BCUT2D eigenvalue weighted by Crippen LogP contribution is -2.50. The van der Waals surface area contributed by atoms with Crippen LogP contribution < -0.4 is 10.1 Å². The summed E-state index contributed by atoms with van der Waals surface area (Å²) in [5.74, 6) is 0.501. The standard InChI is InChI=1S/C23H28FN3O3/c1-18-5-2-3-6-21(18)30-16-4-7-23(29)27-14-12-26(13-15-27)17-22(28)25-20-10-8-19(24)9-11-20/h2-3,5-6,8-11H,4,7,12-17H2,1H3,(H,25,28). The normalized spacial score (nSPS) is 14.4. The molecule has 0 bridgehead atoms. The zero-order valence-corrected chi connectivity index (χ0v) is 17.3. The molecule has 30 heavy (non-hydrogen) atoms. The van der Waals surface area contributed by atoms with E-state index in [0.717, 1.165) is 11.3 Å². The van der Waals surface area contributed by atoms with Crippen molar-refractivity contribution >= 4 is 17.5 Å². The van der Waals surface area contributed by atoms with Gasteiger partial charge >= 0.3 is 0 Å². The van der Waals surface area contributed by atoms with Gasteiger partial charge in [0.05, 0.1) is 13.2 Å². The van der Waals surface area contributed by atoms with Gasteiger partial charge in [0, 0.05) is 38.3 Å². The van der Waals surface area contributed by atoms with E-state index in [1.807, 2.05) is 41.0 Å². The number of hydrogen-bond donors (Lipinski definition) is 1. The minimum absolute atomic E-state index is 0.124. The fourth-order valence-electron chi connectivity index (χ4n) is 3.37. The van der Waals surface area contributed by atoms with Crippen molar-refractivity contribution in [3.05, 3.63) is 59.9 Å². The van der Waals surface area contributed by atoms with Gasteiger partial charge in [-0.2, -0.15) is 0 Å². The Morgan fingerprint density at radius 1 is 1.03 bits per heavy atom. The Hall–Kier alpha value is -2.93. The first kappa shape index (κ1) is 21.8. The van der Waals surface area contributed by atoms with Crippen LogP contribution in [0.3, 0.4) is 0 Å². The molecular formula is C23H28FN3O3. The number of nitrogens with one attached hydrogen (secondary N) is 1. The van der Waals surface area contributed by atoms with Gasteiger partial charge in [-0.05, 0) is 49.2 Å². The van der Waals surface area contributed by atoms with Crippen LogP contribution in [0.2, 0.25) is 0 Å². The molecule has 0 unspecified atom stereocenters. The smallest absolute Gasteiger partial charge is 0.238 e. The average Bonchev–Trinajstić information content (AvgIpc) is 2.74. The predicted molar refractivity (Wildman–Crippen MR) is 114 cm³/mol. The van der Waals surface area contributed by atoms with Gasteiger partial charge in [0.2, 0.25) is 11.8 Å². The number of aryl methyl sites for hydroxylation is 1. The number of carbonyl (C=O) groups excluding carboxylic acids is 2. The molecule has 7 heteroatoms. The summed E-state index contributed by atoms with van der Waals surface area (Å²) in [5, 5.41) is 2.76. The average molecular weight is 413 g/mol.